The van der Waals surface area contributed by atoms with Crippen LogP contribution in [0.25, 0.3) is 0 Å². The Bertz CT molecular complexity index is 719. The molecular formula is C38H66O4. The first-order chi connectivity index (χ1) is 20.6. The second kappa shape index (κ2) is 33.4. The molecule has 4 nitrogen and oxygen atoms in total. The summed E-state index contributed by atoms with van der Waals surface area (Å²) in [4.78, 5) is 23.0. The first-order valence-corrected chi connectivity index (χ1v) is 17.6. The Morgan fingerprint density at radius 2 is 0.929 bits per heavy atom. The van der Waals surface area contributed by atoms with E-state index in [-0.39, 0.29) is 18.5 Å². The molecule has 0 fully saturated rings. The molecule has 0 saturated heterocycles. The van der Waals surface area contributed by atoms with Crippen molar-refractivity contribution < 1.29 is 19.4 Å². The standard InChI is InChI=1S/C38H66O4/c1-3-5-7-8-9-10-11-12-13-14-15-16-17-18-19-20-21-22-23-27-31-35-38(41)42-36(32-28-6-4-2)33-29-25-24-26-30-34-37(39)40/h9-10,12-13,15-16,18-19,36H,3-8,11,14,17,20-35H2,1-2H3,(H,39,40)/b10-9-,13-12-,16-15-,19-18-. The minimum Gasteiger partial charge on any atom is -0.481 e. The van der Waals surface area contributed by atoms with Gasteiger partial charge in [0.05, 0.1) is 0 Å². The van der Waals surface area contributed by atoms with Crippen LogP contribution in [0, 0.1) is 0 Å². The molecule has 0 heterocycles. The highest BCUT2D eigenvalue weighted by Gasteiger charge is 2.14. The monoisotopic (exact) mass is 586 g/mol. The molecule has 1 unspecified atom stereocenters. The van der Waals surface area contributed by atoms with E-state index in [2.05, 4.69) is 62.5 Å². The smallest absolute Gasteiger partial charge is 0.306 e. The zero-order chi connectivity index (χ0) is 30.8. The number of unbranched alkanes of at least 4 members (excludes halogenated alkanes) is 14. The fraction of sp³-hybridized carbons (Fsp3) is 0.737. The average molecular weight is 587 g/mol. The number of allylic oxidation sites excluding steroid dienone is 8. The van der Waals surface area contributed by atoms with E-state index in [1.165, 1.54) is 57.8 Å². The summed E-state index contributed by atoms with van der Waals surface area (Å²) in [5.74, 6) is -0.737. The summed E-state index contributed by atoms with van der Waals surface area (Å²) in [6.07, 6.45) is 44.3. The van der Waals surface area contributed by atoms with Crippen molar-refractivity contribution in [1.29, 1.82) is 0 Å². The summed E-state index contributed by atoms with van der Waals surface area (Å²) in [5.41, 5.74) is 0. The lowest BCUT2D eigenvalue weighted by atomic mass is 10.0. The molecular weight excluding hydrogens is 520 g/mol. The second-order valence-corrected chi connectivity index (χ2v) is 11.7. The van der Waals surface area contributed by atoms with E-state index in [4.69, 9.17) is 9.84 Å². The largest absolute Gasteiger partial charge is 0.481 e. The van der Waals surface area contributed by atoms with Gasteiger partial charge in [-0.1, -0.05) is 127 Å². The second-order valence-electron chi connectivity index (χ2n) is 11.7. The van der Waals surface area contributed by atoms with Gasteiger partial charge in [0.2, 0.25) is 0 Å². The number of carboxylic acids is 1. The van der Waals surface area contributed by atoms with Gasteiger partial charge in [-0.15, -0.1) is 0 Å². The minimum atomic E-state index is -0.708. The highest BCUT2D eigenvalue weighted by molar-refractivity contribution is 5.69. The van der Waals surface area contributed by atoms with Crippen LogP contribution in [0.15, 0.2) is 48.6 Å². The summed E-state index contributed by atoms with van der Waals surface area (Å²) in [6.45, 7) is 4.44. The van der Waals surface area contributed by atoms with Crippen molar-refractivity contribution in [1.82, 2.24) is 0 Å². The molecule has 242 valence electrons. The molecule has 0 aromatic rings. The average Bonchev–Trinajstić information content (AvgIpc) is 2.97. The number of aliphatic carboxylic acids is 1. The van der Waals surface area contributed by atoms with Gasteiger partial charge < -0.3 is 9.84 Å². The quantitative estimate of drug-likeness (QED) is 0.0498. The van der Waals surface area contributed by atoms with E-state index in [1.807, 2.05) is 0 Å². The van der Waals surface area contributed by atoms with Crippen molar-refractivity contribution in [3.63, 3.8) is 0 Å². The molecule has 0 amide bonds. The Hall–Kier alpha value is -2.10. The van der Waals surface area contributed by atoms with Crippen molar-refractivity contribution in [2.45, 2.75) is 180 Å². The molecule has 0 radical (unpaired) electrons. The Morgan fingerprint density at radius 1 is 0.524 bits per heavy atom. The zero-order valence-corrected chi connectivity index (χ0v) is 27.5. The van der Waals surface area contributed by atoms with Crippen molar-refractivity contribution in [3.8, 4) is 0 Å². The third kappa shape index (κ3) is 32.4. The number of carbonyl (C=O) groups is 2. The number of hydrogen-bond acceptors (Lipinski definition) is 3. The van der Waals surface area contributed by atoms with Gasteiger partial charge in [0.1, 0.15) is 6.10 Å². The normalized spacial score (nSPS) is 12.8. The lowest BCUT2D eigenvalue weighted by molar-refractivity contribution is -0.150. The highest BCUT2D eigenvalue weighted by Crippen LogP contribution is 2.17. The molecule has 1 N–H and O–H groups in total. The number of carbonyl (C=O) groups excluding carboxylic acids is 1. The van der Waals surface area contributed by atoms with Crippen LogP contribution in [0.3, 0.4) is 0 Å². The zero-order valence-electron chi connectivity index (χ0n) is 27.5. The van der Waals surface area contributed by atoms with Crippen LogP contribution in [0.5, 0.6) is 0 Å². The van der Waals surface area contributed by atoms with Crippen LogP contribution < -0.4 is 0 Å². The molecule has 0 aliphatic carbocycles. The molecule has 0 spiro atoms. The van der Waals surface area contributed by atoms with E-state index in [0.717, 1.165) is 89.9 Å². The van der Waals surface area contributed by atoms with Gasteiger partial charge in [0.25, 0.3) is 0 Å². The molecule has 0 aliphatic rings. The fourth-order valence-electron chi connectivity index (χ4n) is 4.93. The fourth-order valence-corrected chi connectivity index (χ4v) is 4.93. The van der Waals surface area contributed by atoms with Gasteiger partial charge in [0.15, 0.2) is 0 Å². The van der Waals surface area contributed by atoms with E-state index in [1.54, 1.807) is 0 Å². The first kappa shape index (κ1) is 39.9. The Morgan fingerprint density at radius 3 is 1.48 bits per heavy atom. The Kier molecular flexibility index (Phi) is 31.7. The molecule has 0 saturated carbocycles. The number of hydrogen-bond donors (Lipinski definition) is 1. The van der Waals surface area contributed by atoms with Crippen LogP contribution in [0.1, 0.15) is 174 Å². The van der Waals surface area contributed by atoms with Crippen LogP contribution in [-0.2, 0) is 14.3 Å². The topological polar surface area (TPSA) is 63.6 Å². The lowest BCUT2D eigenvalue weighted by Crippen LogP contribution is -2.18. The molecule has 0 aromatic carbocycles. The SMILES string of the molecule is CCCCC/C=C\C/C=C\C/C=C\C/C=C\CCCCCCCC(=O)OC(CCCCC)CCCCCCCC(=O)O. The summed E-state index contributed by atoms with van der Waals surface area (Å²) in [5, 5.41) is 8.73. The maximum atomic E-state index is 12.4. The van der Waals surface area contributed by atoms with Gasteiger partial charge in [-0.2, -0.15) is 0 Å². The maximum Gasteiger partial charge on any atom is 0.306 e. The molecule has 0 aromatic heterocycles. The maximum absolute atomic E-state index is 12.4. The van der Waals surface area contributed by atoms with Crippen molar-refractivity contribution in [2.24, 2.45) is 0 Å². The van der Waals surface area contributed by atoms with Crippen molar-refractivity contribution >= 4 is 11.9 Å². The van der Waals surface area contributed by atoms with Gasteiger partial charge in [-0.3, -0.25) is 9.59 Å². The molecule has 0 aliphatic heterocycles. The Labute approximate surface area is 260 Å². The molecule has 42 heavy (non-hydrogen) atoms. The molecule has 0 rings (SSSR count). The Balaban J connectivity index is 3.77. The van der Waals surface area contributed by atoms with E-state index < -0.39 is 5.97 Å². The molecule has 1 atom stereocenters. The van der Waals surface area contributed by atoms with E-state index in [0.29, 0.717) is 6.42 Å². The van der Waals surface area contributed by atoms with E-state index >= 15 is 0 Å². The predicted octanol–water partition coefficient (Wildman–Crippen LogP) is 12.0. The first-order valence-electron chi connectivity index (χ1n) is 17.6. The third-order valence-corrected chi connectivity index (χ3v) is 7.55. The highest BCUT2D eigenvalue weighted by atomic mass is 16.5. The molecule has 4 heteroatoms. The molecule has 0 bridgehead atoms. The van der Waals surface area contributed by atoms with Gasteiger partial charge >= 0.3 is 11.9 Å². The van der Waals surface area contributed by atoms with Crippen LogP contribution in [0.2, 0.25) is 0 Å². The number of ether oxygens (including phenoxy) is 1. The van der Waals surface area contributed by atoms with Crippen LogP contribution in [0.4, 0.5) is 0 Å². The van der Waals surface area contributed by atoms with Crippen molar-refractivity contribution in [3.05, 3.63) is 48.6 Å². The summed E-state index contributed by atoms with van der Waals surface area (Å²) in [7, 11) is 0. The van der Waals surface area contributed by atoms with Crippen LogP contribution >= 0.6 is 0 Å². The van der Waals surface area contributed by atoms with Gasteiger partial charge in [0, 0.05) is 12.8 Å². The third-order valence-electron chi connectivity index (χ3n) is 7.55. The van der Waals surface area contributed by atoms with Crippen LogP contribution in [-0.4, -0.2) is 23.1 Å². The number of rotatable bonds is 31. The summed E-state index contributed by atoms with van der Waals surface area (Å²) in [6, 6.07) is 0. The number of esters is 1. The van der Waals surface area contributed by atoms with Gasteiger partial charge in [-0.05, 0) is 83.5 Å². The van der Waals surface area contributed by atoms with Gasteiger partial charge in [-0.25, -0.2) is 0 Å². The lowest BCUT2D eigenvalue weighted by Gasteiger charge is -2.18. The van der Waals surface area contributed by atoms with E-state index in [9.17, 15) is 9.59 Å². The summed E-state index contributed by atoms with van der Waals surface area (Å²) >= 11 is 0. The minimum absolute atomic E-state index is 0.0286. The predicted molar refractivity (Wildman–Crippen MR) is 181 cm³/mol. The number of carboxylic acid groups (broad SMARTS) is 1. The van der Waals surface area contributed by atoms with Crippen molar-refractivity contribution in [2.75, 3.05) is 0 Å². The summed E-state index contributed by atoms with van der Waals surface area (Å²) < 4.78 is 5.86.